The standard InChI is InChI=1S/C48H26N4S/c1-2-13-28(14-3-1)43-48(50-44-29-15-5-4-12-27(29)24-25-36(44)49-43)52-38-22-11-18-32-34-20-10-19-33-30-16-6-8-21-37(30)51(45(33)34)39-26-35-31-17-7-9-23-40(31)53-47(35)46(52)42(39)41(32)38/h1-26H. The van der Waals surface area contributed by atoms with Crippen molar-refractivity contribution in [3.63, 3.8) is 0 Å². The number of thiophene rings is 1. The monoisotopic (exact) mass is 690 g/mol. The Hall–Kier alpha value is -6.82. The van der Waals surface area contributed by atoms with Crippen LogP contribution in [0.3, 0.4) is 0 Å². The summed E-state index contributed by atoms with van der Waals surface area (Å²) in [7, 11) is 0. The maximum atomic E-state index is 5.71. The highest BCUT2D eigenvalue weighted by molar-refractivity contribution is 7.26. The number of hydrogen-bond donors (Lipinski definition) is 0. The Kier molecular flexibility index (Phi) is 5.22. The number of hydrogen-bond acceptors (Lipinski definition) is 3. The van der Waals surface area contributed by atoms with Gasteiger partial charge in [0.1, 0.15) is 5.69 Å². The molecular weight excluding hydrogens is 665 g/mol. The van der Waals surface area contributed by atoms with Crippen LogP contribution in [-0.4, -0.2) is 18.9 Å². The molecule has 5 aromatic heterocycles. The predicted molar refractivity (Wildman–Crippen MR) is 224 cm³/mol. The van der Waals surface area contributed by atoms with Crippen molar-refractivity contribution in [2.45, 2.75) is 0 Å². The van der Waals surface area contributed by atoms with Crippen LogP contribution < -0.4 is 0 Å². The van der Waals surface area contributed by atoms with Crippen LogP contribution in [0.25, 0.3) is 119 Å². The van der Waals surface area contributed by atoms with Crippen molar-refractivity contribution in [2.24, 2.45) is 0 Å². The zero-order chi connectivity index (χ0) is 34.4. The number of fused-ring (bicyclic) bond motifs is 12. The van der Waals surface area contributed by atoms with E-state index in [2.05, 4.69) is 167 Å². The fourth-order valence-corrected chi connectivity index (χ4v) is 10.5. The Labute approximate surface area is 305 Å². The van der Waals surface area contributed by atoms with Crippen molar-refractivity contribution in [2.75, 3.05) is 0 Å². The lowest BCUT2D eigenvalue weighted by Gasteiger charge is -2.15. The summed E-state index contributed by atoms with van der Waals surface area (Å²) in [5, 5.41) is 12.3. The van der Waals surface area contributed by atoms with Gasteiger partial charge in [0.05, 0.1) is 43.3 Å². The molecule has 0 saturated heterocycles. The molecule has 0 unspecified atom stereocenters. The molecule has 5 heterocycles. The second-order valence-corrected chi connectivity index (χ2v) is 15.2. The third kappa shape index (κ3) is 3.50. The molecule has 5 heteroatoms. The Morgan fingerprint density at radius 3 is 2.06 bits per heavy atom. The second kappa shape index (κ2) is 9.94. The molecule has 0 spiro atoms. The quantitative estimate of drug-likeness (QED) is 0.169. The van der Waals surface area contributed by atoms with E-state index < -0.39 is 0 Å². The average Bonchev–Trinajstić information content (AvgIpc) is 3.85. The van der Waals surface area contributed by atoms with Gasteiger partial charge in [-0.15, -0.1) is 11.3 Å². The first-order valence-corrected chi connectivity index (χ1v) is 18.8. The van der Waals surface area contributed by atoms with Gasteiger partial charge in [-0.1, -0.05) is 127 Å². The molecule has 0 radical (unpaired) electrons. The van der Waals surface area contributed by atoms with Gasteiger partial charge in [0.25, 0.3) is 0 Å². The molecule has 8 aromatic carbocycles. The zero-order valence-electron chi connectivity index (χ0n) is 28.2. The van der Waals surface area contributed by atoms with E-state index in [1.165, 1.54) is 74.6 Å². The van der Waals surface area contributed by atoms with Gasteiger partial charge in [-0.05, 0) is 41.1 Å². The highest BCUT2D eigenvalue weighted by Gasteiger charge is 2.27. The van der Waals surface area contributed by atoms with Gasteiger partial charge in [0.15, 0.2) is 5.82 Å². The van der Waals surface area contributed by atoms with Crippen LogP contribution in [0.5, 0.6) is 0 Å². The molecule has 53 heavy (non-hydrogen) atoms. The normalized spacial score (nSPS) is 12.5. The summed E-state index contributed by atoms with van der Waals surface area (Å²) in [5.74, 6) is 0.837. The molecule has 244 valence electrons. The summed E-state index contributed by atoms with van der Waals surface area (Å²) < 4.78 is 7.51. The smallest absolute Gasteiger partial charge is 0.165 e. The van der Waals surface area contributed by atoms with Crippen molar-refractivity contribution < 1.29 is 0 Å². The van der Waals surface area contributed by atoms with Crippen LogP contribution in [-0.2, 0) is 0 Å². The van der Waals surface area contributed by atoms with Crippen molar-refractivity contribution >= 4 is 113 Å². The molecule has 0 bridgehead atoms. The fourth-order valence-electron chi connectivity index (χ4n) is 9.23. The van der Waals surface area contributed by atoms with Gasteiger partial charge in [-0.25, -0.2) is 9.97 Å². The number of nitrogens with zero attached hydrogens (tertiary/aromatic N) is 4. The molecule has 0 aliphatic carbocycles. The minimum Gasteiger partial charge on any atom is -0.308 e. The summed E-state index contributed by atoms with van der Waals surface area (Å²) in [6.45, 7) is 0. The van der Waals surface area contributed by atoms with Gasteiger partial charge in [0, 0.05) is 53.4 Å². The van der Waals surface area contributed by atoms with Gasteiger partial charge in [-0.2, -0.15) is 0 Å². The minimum absolute atomic E-state index is 0.837. The highest BCUT2D eigenvalue weighted by atomic mass is 32.1. The van der Waals surface area contributed by atoms with E-state index in [0.29, 0.717) is 0 Å². The van der Waals surface area contributed by atoms with Crippen LogP contribution in [0.2, 0.25) is 0 Å². The van der Waals surface area contributed by atoms with Gasteiger partial charge in [-0.3, -0.25) is 4.57 Å². The maximum Gasteiger partial charge on any atom is 0.165 e. The summed E-state index contributed by atoms with van der Waals surface area (Å²) in [6.07, 6.45) is 0. The van der Waals surface area contributed by atoms with Crippen LogP contribution >= 0.6 is 11.3 Å². The van der Waals surface area contributed by atoms with Gasteiger partial charge >= 0.3 is 0 Å². The molecule has 0 aliphatic rings. The van der Waals surface area contributed by atoms with Crippen LogP contribution in [0, 0.1) is 0 Å². The van der Waals surface area contributed by atoms with Gasteiger partial charge < -0.3 is 4.40 Å². The van der Waals surface area contributed by atoms with E-state index in [4.69, 9.17) is 9.97 Å². The van der Waals surface area contributed by atoms with Crippen LogP contribution in [0.1, 0.15) is 0 Å². The van der Waals surface area contributed by atoms with Crippen molar-refractivity contribution in [1.29, 1.82) is 0 Å². The highest BCUT2D eigenvalue weighted by Crippen LogP contribution is 2.49. The van der Waals surface area contributed by atoms with Crippen molar-refractivity contribution in [3.8, 4) is 17.1 Å². The Bertz CT molecular complexity index is 3680. The lowest BCUT2D eigenvalue weighted by Crippen LogP contribution is -2.04. The van der Waals surface area contributed by atoms with E-state index in [-0.39, 0.29) is 0 Å². The first-order valence-electron chi connectivity index (χ1n) is 18.0. The molecule has 0 fully saturated rings. The lowest BCUT2D eigenvalue weighted by molar-refractivity contribution is 1.09. The molecule has 4 nitrogen and oxygen atoms in total. The largest absolute Gasteiger partial charge is 0.308 e. The molecule has 0 atom stereocenters. The molecule has 13 rings (SSSR count). The number of rotatable bonds is 2. The summed E-state index contributed by atoms with van der Waals surface area (Å²) in [4.78, 5) is 11.2. The van der Waals surface area contributed by atoms with E-state index >= 15 is 0 Å². The fraction of sp³-hybridized carbons (Fsp3) is 0. The maximum absolute atomic E-state index is 5.71. The topological polar surface area (TPSA) is 35.1 Å². The molecule has 0 amide bonds. The summed E-state index contributed by atoms with van der Waals surface area (Å²) >= 11 is 1.87. The van der Waals surface area contributed by atoms with Gasteiger partial charge in [0.2, 0.25) is 0 Å². The summed E-state index contributed by atoms with van der Waals surface area (Å²) in [5.41, 5.74) is 9.66. The van der Waals surface area contributed by atoms with Crippen molar-refractivity contribution in [3.05, 3.63) is 158 Å². The molecule has 13 aromatic rings. The predicted octanol–water partition coefficient (Wildman–Crippen LogP) is 13.1. The number of aromatic nitrogens is 4. The molecule has 0 aliphatic heterocycles. The van der Waals surface area contributed by atoms with E-state index in [9.17, 15) is 0 Å². The second-order valence-electron chi connectivity index (χ2n) is 14.1. The lowest BCUT2D eigenvalue weighted by atomic mass is 10.0. The van der Waals surface area contributed by atoms with Crippen molar-refractivity contribution in [1.82, 2.24) is 18.9 Å². The minimum atomic E-state index is 0.837. The Morgan fingerprint density at radius 1 is 0.453 bits per heavy atom. The van der Waals surface area contributed by atoms with E-state index in [1.54, 1.807) is 0 Å². The third-order valence-corrected chi connectivity index (χ3v) is 12.6. The Morgan fingerprint density at radius 2 is 1.15 bits per heavy atom. The molecular formula is C48H26N4S. The zero-order valence-corrected chi connectivity index (χ0v) is 29.0. The Balaban J connectivity index is 1.36. The molecule has 0 saturated carbocycles. The number of para-hydroxylation sites is 2. The third-order valence-electron chi connectivity index (χ3n) is 11.4. The molecule has 0 N–H and O–H groups in total. The summed E-state index contributed by atoms with van der Waals surface area (Å²) in [6, 6.07) is 57.1. The van der Waals surface area contributed by atoms with E-state index in [0.717, 1.165) is 44.4 Å². The van der Waals surface area contributed by atoms with Crippen LogP contribution in [0.15, 0.2) is 158 Å². The first-order chi connectivity index (χ1) is 26.3. The van der Waals surface area contributed by atoms with Crippen LogP contribution in [0.4, 0.5) is 0 Å². The SMILES string of the molecule is c1ccc(-c2nc3ccc4ccccc4c3nc2-n2c3cccc4c5cccc6c7ccccc7n(c7cc8c9ccccc9sc8c2c7c43)c56)cc1. The number of benzene rings is 8. The first kappa shape index (κ1) is 27.8. The van der Waals surface area contributed by atoms with E-state index in [1.807, 2.05) is 11.3 Å². The average molecular weight is 691 g/mol.